The largest absolute Gasteiger partial charge is 0.399 e. The summed E-state index contributed by atoms with van der Waals surface area (Å²) in [5.41, 5.74) is 8.07. The van der Waals surface area contributed by atoms with Crippen molar-refractivity contribution in [2.75, 3.05) is 23.0 Å². The zero-order chi connectivity index (χ0) is 19.2. The second kappa shape index (κ2) is 8.24. The van der Waals surface area contributed by atoms with Crippen LogP contribution in [-0.4, -0.2) is 38.6 Å². The number of pyridine rings is 1. The fraction of sp³-hybridized carbons (Fsp3) is 0.158. The molecular weight excluding hydrogens is 344 g/mol. The third kappa shape index (κ3) is 4.77. The quantitative estimate of drug-likeness (QED) is 0.494. The summed E-state index contributed by atoms with van der Waals surface area (Å²) in [7, 11) is 0. The number of carbonyl (C=O) groups is 1. The maximum atomic E-state index is 12.5. The van der Waals surface area contributed by atoms with E-state index in [2.05, 4.69) is 25.6 Å². The summed E-state index contributed by atoms with van der Waals surface area (Å²) in [4.78, 5) is 25.3. The molecule has 0 unspecified atom stereocenters. The number of anilines is 3. The maximum absolute atomic E-state index is 12.5. The molecule has 0 spiro atoms. The van der Waals surface area contributed by atoms with E-state index in [4.69, 9.17) is 5.73 Å². The lowest BCUT2D eigenvalue weighted by Crippen LogP contribution is -2.22. The molecule has 0 saturated heterocycles. The molecule has 5 N–H and O–H groups in total. The van der Waals surface area contributed by atoms with Gasteiger partial charge in [-0.1, -0.05) is 0 Å². The van der Waals surface area contributed by atoms with Crippen LogP contribution in [0, 0.1) is 0 Å². The Morgan fingerprint density at radius 2 is 2.00 bits per heavy atom. The van der Waals surface area contributed by atoms with E-state index >= 15 is 0 Å². The molecule has 0 bridgehead atoms. The van der Waals surface area contributed by atoms with E-state index in [-0.39, 0.29) is 18.6 Å². The minimum Gasteiger partial charge on any atom is -0.399 e. The van der Waals surface area contributed by atoms with Gasteiger partial charge in [0.25, 0.3) is 5.91 Å². The Balaban J connectivity index is 1.91. The number of nitrogens with two attached hydrogens (primary N) is 1. The molecule has 0 fully saturated rings. The number of aromatic nitrogens is 3. The number of nitrogens with zero attached hydrogens (tertiary/aromatic N) is 3. The zero-order valence-electron chi connectivity index (χ0n) is 14.8. The Morgan fingerprint density at radius 1 is 1.22 bits per heavy atom. The molecule has 0 radical (unpaired) electrons. The van der Waals surface area contributed by atoms with Crippen LogP contribution in [0.2, 0.25) is 0 Å². The second-order valence-electron chi connectivity index (χ2n) is 6.01. The lowest BCUT2D eigenvalue weighted by atomic mass is 10.2. The highest BCUT2D eigenvalue weighted by molar-refractivity contribution is 6.04. The van der Waals surface area contributed by atoms with Gasteiger partial charge in [-0.05, 0) is 43.3 Å². The van der Waals surface area contributed by atoms with Gasteiger partial charge in [0, 0.05) is 41.3 Å². The molecule has 1 atom stereocenters. The predicted molar refractivity (Wildman–Crippen MR) is 104 cm³/mol. The SMILES string of the molecule is C[C@@H](CO)Nc1nc(NC(=O)c2ccc(N)cc2)cc(-c2cccnc2)n1. The lowest BCUT2D eigenvalue weighted by Gasteiger charge is -2.14. The summed E-state index contributed by atoms with van der Waals surface area (Å²) in [6, 6.07) is 11.7. The lowest BCUT2D eigenvalue weighted by molar-refractivity contribution is 0.102. The van der Waals surface area contributed by atoms with E-state index in [9.17, 15) is 9.90 Å². The third-order valence-corrected chi connectivity index (χ3v) is 3.75. The van der Waals surface area contributed by atoms with Crippen molar-refractivity contribution in [1.82, 2.24) is 15.0 Å². The number of amides is 1. The fourth-order valence-electron chi connectivity index (χ4n) is 2.33. The standard InChI is InChI=1S/C19H20N6O2/c1-12(11-26)22-19-23-16(14-3-2-8-21-10-14)9-17(25-19)24-18(27)13-4-6-15(20)7-5-13/h2-10,12,26H,11,20H2,1H3,(H2,22,23,24,25,27)/t12-/m0/s1. The van der Waals surface area contributed by atoms with Crippen LogP contribution in [0.25, 0.3) is 11.3 Å². The molecule has 2 aromatic heterocycles. The van der Waals surface area contributed by atoms with Crippen molar-refractivity contribution in [3.05, 3.63) is 60.4 Å². The van der Waals surface area contributed by atoms with Crippen LogP contribution in [0.5, 0.6) is 0 Å². The van der Waals surface area contributed by atoms with Gasteiger partial charge >= 0.3 is 0 Å². The number of hydrogen-bond acceptors (Lipinski definition) is 7. The molecule has 8 heteroatoms. The molecule has 138 valence electrons. The number of nitrogen functional groups attached to an aromatic ring is 1. The first-order valence-corrected chi connectivity index (χ1v) is 8.39. The van der Waals surface area contributed by atoms with Crippen molar-refractivity contribution in [3.63, 3.8) is 0 Å². The van der Waals surface area contributed by atoms with Gasteiger partial charge in [0.1, 0.15) is 5.82 Å². The number of hydrogen-bond donors (Lipinski definition) is 4. The van der Waals surface area contributed by atoms with Gasteiger partial charge in [-0.25, -0.2) is 4.98 Å². The normalized spacial score (nSPS) is 11.6. The molecule has 0 saturated carbocycles. The van der Waals surface area contributed by atoms with Gasteiger partial charge in [-0.2, -0.15) is 4.98 Å². The van der Waals surface area contributed by atoms with Crippen molar-refractivity contribution in [2.45, 2.75) is 13.0 Å². The van der Waals surface area contributed by atoms with E-state index in [1.54, 1.807) is 55.7 Å². The predicted octanol–water partition coefficient (Wildman–Crippen LogP) is 2.17. The minimum atomic E-state index is -0.313. The number of aliphatic hydroxyl groups is 1. The van der Waals surface area contributed by atoms with E-state index < -0.39 is 0 Å². The van der Waals surface area contributed by atoms with Gasteiger partial charge in [0.05, 0.1) is 12.3 Å². The molecular formula is C19H20N6O2. The van der Waals surface area contributed by atoms with E-state index in [0.29, 0.717) is 28.7 Å². The average Bonchev–Trinajstić information content (AvgIpc) is 2.69. The molecule has 3 rings (SSSR count). The van der Waals surface area contributed by atoms with Crippen LogP contribution in [0.1, 0.15) is 17.3 Å². The molecule has 0 aliphatic rings. The molecule has 8 nitrogen and oxygen atoms in total. The molecule has 1 aromatic carbocycles. The van der Waals surface area contributed by atoms with Crippen LogP contribution < -0.4 is 16.4 Å². The molecule has 1 amide bonds. The molecule has 27 heavy (non-hydrogen) atoms. The number of carbonyl (C=O) groups excluding carboxylic acids is 1. The van der Waals surface area contributed by atoms with Crippen LogP contribution in [0.3, 0.4) is 0 Å². The fourth-order valence-corrected chi connectivity index (χ4v) is 2.33. The van der Waals surface area contributed by atoms with Crippen LogP contribution in [0.4, 0.5) is 17.5 Å². The smallest absolute Gasteiger partial charge is 0.256 e. The van der Waals surface area contributed by atoms with Gasteiger partial charge in [0.2, 0.25) is 5.95 Å². The number of rotatable bonds is 6. The first-order chi connectivity index (χ1) is 13.0. The highest BCUT2D eigenvalue weighted by Crippen LogP contribution is 2.21. The van der Waals surface area contributed by atoms with Gasteiger partial charge in [-0.15, -0.1) is 0 Å². The summed E-state index contributed by atoms with van der Waals surface area (Å²) in [5, 5.41) is 15.0. The summed E-state index contributed by atoms with van der Waals surface area (Å²) in [6.07, 6.45) is 3.34. The Hall–Kier alpha value is -3.52. The van der Waals surface area contributed by atoms with Crippen LogP contribution in [0.15, 0.2) is 54.9 Å². The van der Waals surface area contributed by atoms with Crippen molar-refractivity contribution < 1.29 is 9.90 Å². The van der Waals surface area contributed by atoms with Crippen LogP contribution >= 0.6 is 0 Å². The topological polar surface area (TPSA) is 126 Å². The number of nitrogens with one attached hydrogen (secondary N) is 2. The second-order valence-corrected chi connectivity index (χ2v) is 6.01. The molecule has 3 aromatic rings. The molecule has 0 aliphatic carbocycles. The Morgan fingerprint density at radius 3 is 2.67 bits per heavy atom. The van der Waals surface area contributed by atoms with Crippen LogP contribution in [-0.2, 0) is 0 Å². The summed E-state index contributed by atoms with van der Waals surface area (Å²) in [5.74, 6) is 0.316. The van der Waals surface area contributed by atoms with E-state index in [1.165, 1.54) is 0 Å². The zero-order valence-corrected chi connectivity index (χ0v) is 14.8. The highest BCUT2D eigenvalue weighted by Gasteiger charge is 2.12. The van der Waals surface area contributed by atoms with Gasteiger partial charge < -0.3 is 21.5 Å². The summed E-state index contributed by atoms with van der Waals surface area (Å²) >= 11 is 0. The monoisotopic (exact) mass is 364 g/mol. The molecule has 0 aliphatic heterocycles. The Bertz CT molecular complexity index is 915. The summed E-state index contributed by atoms with van der Waals surface area (Å²) in [6.45, 7) is 1.72. The van der Waals surface area contributed by atoms with Gasteiger partial charge in [-0.3, -0.25) is 9.78 Å². The molecule has 2 heterocycles. The average molecular weight is 364 g/mol. The maximum Gasteiger partial charge on any atom is 0.256 e. The number of benzene rings is 1. The Labute approximate surface area is 156 Å². The van der Waals surface area contributed by atoms with Crippen molar-refractivity contribution in [3.8, 4) is 11.3 Å². The first-order valence-electron chi connectivity index (χ1n) is 8.39. The van der Waals surface area contributed by atoms with Crippen molar-refractivity contribution in [1.29, 1.82) is 0 Å². The van der Waals surface area contributed by atoms with Crippen molar-refractivity contribution >= 4 is 23.4 Å². The first kappa shape index (κ1) is 18.3. The van der Waals surface area contributed by atoms with E-state index in [0.717, 1.165) is 5.56 Å². The highest BCUT2D eigenvalue weighted by atomic mass is 16.3. The Kier molecular flexibility index (Phi) is 5.58. The minimum absolute atomic E-state index is 0.0758. The van der Waals surface area contributed by atoms with Gasteiger partial charge in [0.15, 0.2) is 0 Å². The number of aliphatic hydroxyl groups excluding tert-OH is 1. The van der Waals surface area contributed by atoms with Crippen molar-refractivity contribution in [2.24, 2.45) is 0 Å². The van der Waals surface area contributed by atoms with E-state index in [1.807, 2.05) is 6.07 Å². The third-order valence-electron chi connectivity index (χ3n) is 3.75. The summed E-state index contributed by atoms with van der Waals surface area (Å²) < 4.78 is 0.